The quantitative estimate of drug-likeness (QED) is 0.131. The van der Waals surface area contributed by atoms with E-state index >= 15 is 0 Å². The van der Waals surface area contributed by atoms with Crippen LogP contribution in [0.2, 0.25) is 0 Å². The number of hydrogen-bond donors (Lipinski definition) is 1. The highest BCUT2D eigenvalue weighted by atomic mass is 19.4. The van der Waals surface area contributed by atoms with Crippen LogP contribution in [0.15, 0.2) is 0 Å². The van der Waals surface area contributed by atoms with Crippen molar-refractivity contribution in [1.82, 2.24) is 5.32 Å². The Hall–Kier alpha value is -2.37. The number of rotatable bonds is 10. The maximum Gasteiger partial charge on any atom is 0.419 e. The van der Waals surface area contributed by atoms with E-state index in [9.17, 15) is 48.3 Å². The van der Waals surface area contributed by atoms with Crippen LogP contribution in [0.3, 0.4) is 0 Å². The van der Waals surface area contributed by atoms with Gasteiger partial charge in [0.15, 0.2) is 40.7 Å². The fraction of sp³-hybridized carbons (Fsp3) is 0.538. The first-order chi connectivity index (χ1) is 17.6. The number of halogens is 11. The topological polar surface area (TPSA) is 12.0 Å². The first-order valence-corrected chi connectivity index (χ1v) is 12.1. The first kappa shape index (κ1) is 33.7. The molecule has 1 N–H and O–H groups in total. The normalized spacial score (nSPS) is 12.4. The lowest BCUT2D eigenvalue weighted by Gasteiger charge is -2.19. The lowest BCUT2D eigenvalue weighted by molar-refractivity contribution is -0.139. The van der Waals surface area contributed by atoms with Crippen molar-refractivity contribution >= 4 is 0 Å². The van der Waals surface area contributed by atoms with E-state index in [0.717, 1.165) is 5.92 Å². The minimum Gasteiger partial charge on any atom is -0.316 e. The number of alkyl halides is 3. The lowest BCUT2D eigenvalue weighted by Crippen LogP contribution is -2.22. The molecule has 0 amide bonds. The van der Waals surface area contributed by atoms with Gasteiger partial charge in [0.1, 0.15) is 5.56 Å². The van der Waals surface area contributed by atoms with Crippen LogP contribution < -0.4 is 5.32 Å². The monoisotopic (exact) mass is 565 g/mol. The van der Waals surface area contributed by atoms with E-state index in [1.165, 1.54) is 51.6 Å². The standard InChI is InChI=1S/C14H3F11.C12H27N/c1-2-3(4-7(16)11(20)13(22)12(21)8(4)17)5(14(23,24)25)9(18)10(19)6(2)15;1-4-6-7-8-10-13-11-12(3)9-5-2/h1H3;12-13H,4-11H2,1-3H3. The van der Waals surface area contributed by atoms with Gasteiger partial charge < -0.3 is 5.32 Å². The van der Waals surface area contributed by atoms with Gasteiger partial charge >= 0.3 is 6.18 Å². The molecule has 0 fully saturated rings. The minimum atomic E-state index is -5.83. The second-order valence-corrected chi connectivity index (χ2v) is 8.92. The predicted molar refractivity (Wildman–Crippen MR) is 122 cm³/mol. The molecule has 0 bridgehead atoms. The molecule has 216 valence electrons. The molecule has 0 spiro atoms. The van der Waals surface area contributed by atoms with Crippen LogP contribution in [0.4, 0.5) is 48.3 Å². The number of unbranched alkanes of at least 4 members (excludes halogenated alkanes) is 3. The first-order valence-electron chi connectivity index (χ1n) is 12.1. The number of benzene rings is 2. The Bertz CT molecular complexity index is 1050. The second kappa shape index (κ2) is 14.7. The van der Waals surface area contributed by atoms with E-state index in [0.29, 0.717) is 6.92 Å². The average molecular weight is 566 g/mol. The zero-order valence-electron chi connectivity index (χ0n) is 21.4. The molecule has 2 aromatic carbocycles. The molecule has 0 aliphatic heterocycles. The second-order valence-electron chi connectivity index (χ2n) is 8.92. The highest BCUT2D eigenvalue weighted by Gasteiger charge is 2.43. The molecule has 12 heteroatoms. The van der Waals surface area contributed by atoms with Gasteiger partial charge in [0.25, 0.3) is 0 Å². The van der Waals surface area contributed by atoms with Crippen LogP contribution in [0.25, 0.3) is 11.1 Å². The highest BCUT2D eigenvalue weighted by molar-refractivity contribution is 5.73. The molecule has 1 atom stereocenters. The molecule has 38 heavy (non-hydrogen) atoms. The Morgan fingerprint density at radius 3 is 1.61 bits per heavy atom. The van der Waals surface area contributed by atoms with Crippen molar-refractivity contribution < 1.29 is 48.3 Å². The minimum absolute atomic E-state index is 0.362. The van der Waals surface area contributed by atoms with Gasteiger partial charge in [-0.15, -0.1) is 0 Å². The fourth-order valence-electron chi connectivity index (χ4n) is 3.80. The zero-order chi connectivity index (χ0) is 29.4. The third kappa shape index (κ3) is 8.07. The van der Waals surface area contributed by atoms with E-state index in [1.807, 2.05) is 0 Å². The van der Waals surface area contributed by atoms with Gasteiger partial charge in [0, 0.05) is 5.56 Å². The molecule has 2 rings (SSSR count). The largest absolute Gasteiger partial charge is 0.419 e. The molecule has 0 heterocycles. The maximum absolute atomic E-state index is 13.8. The smallest absolute Gasteiger partial charge is 0.316 e. The van der Waals surface area contributed by atoms with Crippen LogP contribution in [0.5, 0.6) is 0 Å². The van der Waals surface area contributed by atoms with Crippen LogP contribution in [-0.2, 0) is 6.18 Å². The van der Waals surface area contributed by atoms with Crippen LogP contribution in [-0.4, -0.2) is 13.1 Å². The summed E-state index contributed by atoms with van der Waals surface area (Å²) in [4.78, 5) is 0. The van der Waals surface area contributed by atoms with Crippen molar-refractivity contribution in [3.63, 3.8) is 0 Å². The van der Waals surface area contributed by atoms with Gasteiger partial charge in [-0.1, -0.05) is 46.5 Å². The Morgan fingerprint density at radius 2 is 1.13 bits per heavy atom. The van der Waals surface area contributed by atoms with Crippen LogP contribution in [0.1, 0.15) is 70.4 Å². The van der Waals surface area contributed by atoms with E-state index in [1.54, 1.807) is 0 Å². The number of hydrogen-bond acceptors (Lipinski definition) is 1. The van der Waals surface area contributed by atoms with Gasteiger partial charge in [-0.3, -0.25) is 0 Å². The summed E-state index contributed by atoms with van der Waals surface area (Å²) < 4.78 is 146. The molecule has 1 nitrogen and oxygen atoms in total. The number of nitrogens with one attached hydrogen (secondary N) is 1. The Labute approximate surface area is 214 Å². The molecule has 1 unspecified atom stereocenters. The predicted octanol–water partition coefficient (Wildman–Crippen LogP) is 9.39. The molecule has 0 aliphatic carbocycles. The third-order valence-electron chi connectivity index (χ3n) is 5.78. The molecule has 0 aliphatic rings. The Kier molecular flexibility index (Phi) is 13.0. The van der Waals surface area contributed by atoms with Crippen molar-refractivity contribution in [2.75, 3.05) is 13.1 Å². The van der Waals surface area contributed by atoms with Gasteiger partial charge in [0.05, 0.1) is 5.56 Å². The lowest BCUT2D eigenvalue weighted by atomic mass is 9.92. The molecular weight excluding hydrogens is 535 g/mol. The highest BCUT2D eigenvalue weighted by Crippen LogP contribution is 2.45. The van der Waals surface area contributed by atoms with E-state index in [2.05, 4.69) is 26.1 Å². The van der Waals surface area contributed by atoms with Crippen molar-refractivity contribution in [3.8, 4) is 11.1 Å². The summed E-state index contributed by atoms with van der Waals surface area (Å²) >= 11 is 0. The van der Waals surface area contributed by atoms with Crippen molar-refractivity contribution in [2.45, 2.75) is 72.4 Å². The maximum atomic E-state index is 13.8. The molecule has 0 aromatic heterocycles. The molecule has 0 saturated carbocycles. The molecular formula is C26H30F11N. The Morgan fingerprint density at radius 1 is 0.632 bits per heavy atom. The summed E-state index contributed by atoms with van der Waals surface area (Å²) in [5.74, 6) is -20.4. The Balaban J connectivity index is 0.000000471. The van der Waals surface area contributed by atoms with Crippen molar-refractivity contribution in [1.29, 1.82) is 0 Å². The van der Waals surface area contributed by atoms with Crippen LogP contribution in [0, 0.1) is 59.4 Å². The van der Waals surface area contributed by atoms with Gasteiger partial charge in [-0.2, -0.15) is 13.2 Å². The van der Waals surface area contributed by atoms with E-state index < -0.39 is 75.0 Å². The summed E-state index contributed by atoms with van der Waals surface area (Å²) in [7, 11) is 0. The zero-order valence-corrected chi connectivity index (χ0v) is 21.4. The van der Waals surface area contributed by atoms with Crippen LogP contribution >= 0.6 is 0 Å². The summed E-state index contributed by atoms with van der Waals surface area (Å²) in [6, 6.07) is 0. The summed E-state index contributed by atoms with van der Waals surface area (Å²) in [6.07, 6.45) is 2.33. The fourth-order valence-corrected chi connectivity index (χ4v) is 3.80. The molecule has 0 radical (unpaired) electrons. The van der Waals surface area contributed by atoms with E-state index in [4.69, 9.17) is 0 Å². The summed E-state index contributed by atoms with van der Waals surface area (Å²) in [5, 5.41) is 3.53. The van der Waals surface area contributed by atoms with Crippen molar-refractivity contribution in [2.24, 2.45) is 5.92 Å². The molecule has 2 aromatic rings. The third-order valence-corrected chi connectivity index (χ3v) is 5.78. The summed E-state index contributed by atoms with van der Waals surface area (Å²) in [6.45, 7) is 9.64. The van der Waals surface area contributed by atoms with E-state index in [-0.39, 0.29) is 0 Å². The van der Waals surface area contributed by atoms with Crippen molar-refractivity contribution in [3.05, 3.63) is 57.7 Å². The average Bonchev–Trinajstić information content (AvgIpc) is 2.85. The SMILES string of the molecule is CCCCCCNCC(C)CCC.Cc1c(F)c(F)c(F)c(C(F)(F)F)c1-c1c(F)c(F)c(F)c(F)c1F. The van der Waals surface area contributed by atoms with Gasteiger partial charge in [0.2, 0.25) is 5.82 Å². The van der Waals surface area contributed by atoms with Gasteiger partial charge in [-0.25, -0.2) is 35.1 Å². The molecule has 0 saturated heterocycles. The van der Waals surface area contributed by atoms with Gasteiger partial charge in [-0.05, 0) is 44.3 Å². The summed E-state index contributed by atoms with van der Waals surface area (Å²) in [5.41, 5.74) is -8.45.